The monoisotopic (exact) mass is 391 g/mol. The molecule has 0 aromatic heterocycles. The molecule has 1 fully saturated rings. The average molecular weight is 392 g/mol. The van der Waals surface area contributed by atoms with E-state index in [2.05, 4.69) is 54.3 Å². The van der Waals surface area contributed by atoms with E-state index in [1.165, 1.54) is 12.1 Å². The van der Waals surface area contributed by atoms with Gasteiger partial charge in [-0.15, -0.1) is 0 Å². The molecule has 2 aromatic rings. The number of benzene rings is 2. The Labute approximate surface area is 173 Å². The molecule has 1 unspecified atom stereocenters. The summed E-state index contributed by atoms with van der Waals surface area (Å²) in [7, 11) is 2.16. The topological polar surface area (TPSA) is 44.8 Å². The highest BCUT2D eigenvalue weighted by Crippen LogP contribution is 2.35. The van der Waals surface area contributed by atoms with Gasteiger partial charge in [0.05, 0.1) is 6.61 Å². The number of hydrogen-bond acceptors (Lipinski definition) is 4. The minimum absolute atomic E-state index is 0.118. The molecular formula is C24H29N3O2. The number of likely N-dealkylation sites (tertiary alicyclic amines) is 1. The second-order valence-corrected chi connectivity index (χ2v) is 8.34. The molecule has 2 aliphatic rings. The summed E-state index contributed by atoms with van der Waals surface area (Å²) in [5, 5.41) is 2.97. The number of amides is 1. The summed E-state index contributed by atoms with van der Waals surface area (Å²) < 4.78 is 5.67. The molecule has 152 valence electrons. The maximum Gasteiger partial charge on any atom is 0.255 e. The van der Waals surface area contributed by atoms with Gasteiger partial charge in [0.2, 0.25) is 0 Å². The van der Waals surface area contributed by atoms with E-state index in [1.807, 2.05) is 24.3 Å². The molecule has 1 atom stereocenters. The highest BCUT2D eigenvalue weighted by molar-refractivity contribution is 6.04. The zero-order valence-electron chi connectivity index (χ0n) is 17.4. The van der Waals surface area contributed by atoms with Crippen molar-refractivity contribution in [1.29, 1.82) is 0 Å². The van der Waals surface area contributed by atoms with Crippen LogP contribution in [0.1, 0.15) is 30.6 Å². The van der Waals surface area contributed by atoms with Crippen LogP contribution in [0, 0.1) is 11.8 Å². The number of fused-ring (bicyclic) bond motifs is 1. The highest BCUT2D eigenvalue weighted by atomic mass is 16.5. The molecule has 0 spiro atoms. The molecule has 1 N–H and O–H groups in total. The number of carbonyl (C=O) groups excluding carboxylic acids is 1. The Morgan fingerprint density at radius 2 is 1.86 bits per heavy atom. The Morgan fingerprint density at radius 1 is 1.14 bits per heavy atom. The van der Waals surface area contributed by atoms with E-state index in [0.29, 0.717) is 24.0 Å². The van der Waals surface area contributed by atoms with E-state index >= 15 is 0 Å². The molecule has 1 saturated heterocycles. The van der Waals surface area contributed by atoms with Gasteiger partial charge in [-0.2, -0.15) is 0 Å². The van der Waals surface area contributed by atoms with Crippen LogP contribution >= 0.6 is 0 Å². The second kappa shape index (κ2) is 8.19. The van der Waals surface area contributed by atoms with Gasteiger partial charge in [-0.1, -0.05) is 13.8 Å². The van der Waals surface area contributed by atoms with Gasteiger partial charge < -0.3 is 19.9 Å². The van der Waals surface area contributed by atoms with Crippen molar-refractivity contribution < 1.29 is 9.53 Å². The van der Waals surface area contributed by atoms with Crippen molar-refractivity contribution in [2.75, 3.05) is 37.0 Å². The highest BCUT2D eigenvalue weighted by Gasteiger charge is 2.32. The van der Waals surface area contributed by atoms with Crippen molar-refractivity contribution in [3.63, 3.8) is 0 Å². The lowest BCUT2D eigenvalue weighted by atomic mass is 10.1. The van der Waals surface area contributed by atoms with Crippen LogP contribution in [0.15, 0.2) is 60.4 Å². The third kappa shape index (κ3) is 4.39. The first-order chi connectivity index (χ1) is 14.0. The molecule has 29 heavy (non-hydrogen) atoms. The normalized spacial score (nSPS) is 18.1. The summed E-state index contributed by atoms with van der Waals surface area (Å²) in [6.07, 6.45) is 3.49. The van der Waals surface area contributed by atoms with E-state index < -0.39 is 0 Å². The minimum atomic E-state index is -0.118. The zero-order valence-corrected chi connectivity index (χ0v) is 17.4. The van der Waals surface area contributed by atoms with E-state index in [9.17, 15) is 4.79 Å². The van der Waals surface area contributed by atoms with Crippen LogP contribution in [0.5, 0.6) is 5.75 Å². The number of nitrogens with one attached hydrogen (secondary N) is 1. The van der Waals surface area contributed by atoms with Crippen LogP contribution in [0.4, 0.5) is 11.4 Å². The number of carbonyl (C=O) groups is 1. The molecule has 4 rings (SSSR count). The molecule has 2 aromatic carbocycles. The van der Waals surface area contributed by atoms with Crippen molar-refractivity contribution in [2.24, 2.45) is 11.8 Å². The van der Waals surface area contributed by atoms with Crippen molar-refractivity contribution in [2.45, 2.75) is 20.3 Å². The first-order valence-electron chi connectivity index (χ1n) is 10.3. The summed E-state index contributed by atoms with van der Waals surface area (Å²) in [5.41, 5.74) is 4.00. The van der Waals surface area contributed by atoms with Crippen molar-refractivity contribution in [3.05, 3.63) is 66.0 Å². The van der Waals surface area contributed by atoms with Gasteiger partial charge in [0.25, 0.3) is 5.91 Å². The van der Waals surface area contributed by atoms with Crippen LogP contribution in [-0.2, 0) is 0 Å². The first-order valence-corrected chi connectivity index (χ1v) is 10.3. The third-order valence-electron chi connectivity index (χ3n) is 5.53. The van der Waals surface area contributed by atoms with E-state index in [0.717, 1.165) is 30.2 Å². The van der Waals surface area contributed by atoms with Gasteiger partial charge in [0.15, 0.2) is 0 Å². The number of hydrogen-bond donors (Lipinski definition) is 1. The first kappa shape index (κ1) is 19.4. The lowest BCUT2D eigenvalue weighted by molar-refractivity contribution is 0.102. The van der Waals surface area contributed by atoms with Crippen LogP contribution in [0.3, 0.4) is 0 Å². The van der Waals surface area contributed by atoms with E-state index in [4.69, 9.17) is 4.74 Å². The molecular weight excluding hydrogens is 362 g/mol. The fraction of sp³-hybridized carbons (Fsp3) is 0.375. The van der Waals surface area contributed by atoms with Gasteiger partial charge in [-0.3, -0.25) is 4.79 Å². The van der Waals surface area contributed by atoms with Crippen molar-refractivity contribution in [1.82, 2.24) is 4.90 Å². The van der Waals surface area contributed by atoms with Gasteiger partial charge >= 0.3 is 0 Å². The van der Waals surface area contributed by atoms with Gasteiger partial charge in [-0.25, -0.2) is 0 Å². The smallest absolute Gasteiger partial charge is 0.255 e. The van der Waals surface area contributed by atoms with Gasteiger partial charge in [0.1, 0.15) is 5.75 Å². The molecule has 2 heterocycles. The van der Waals surface area contributed by atoms with Crippen LogP contribution in [0.2, 0.25) is 0 Å². The van der Waals surface area contributed by atoms with Crippen LogP contribution < -0.4 is 15.0 Å². The number of rotatable bonds is 6. The largest absolute Gasteiger partial charge is 0.493 e. The summed E-state index contributed by atoms with van der Waals surface area (Å²) in [6, 6.07) is 15.3. The van der Waals surface area contributed by atoms with Crippen molar-refractivity contribution in [3.8, 4) is 5.75 Å². The summed E-state index contributed by atoms with van der Waals surface area (Å²) in [4.78, 5) is 17.2. The molecule has 5 nitrogen and oxygen atoms in total. The van der Waals surface area contributed by atoms with E-state index in [-0.39, 0.29) is 5.91 Å². The number of anilines is 2. The number of nitrogens with zero attached hydrogens (tertiary/aromatic N) is 2. The lowest BCUT2D eigenvalue weighted by Crippen LogP contribution is -2.17. The molecule has 5 heteroatoms. The van der Waals surface area contributed by atoms with Gasteiger partial charge in [0, 0.05) is 54.9 Å². The fourth-order valence-electron chi connectivity index (χ4n) is 3.86. The predicted octanol–water partition coefficient (Wildman–Crippen LogP) is 4.59. The summed E-state index contributed by atoms with van der Waals surface area (Å²) in [5.74, 6) is 1.78. The van der Waals surface area contributed by atoms with Gasteiger partial charge in [-0.05, 0) is 60.9 Å². The Hall–Kier alpha value is -2.95. The second-order valence-electron chi connectivity index (χ2n) is 8.34. The molecule has 1 amide bonds. The molecule has 0 aliphatic carbocycles. The maximum absolute atomic E-state index is 12.5. The summed E-state index contributed by atoms with van der Waals surface area (Å²) in [6.45, 7) is 7.08. The Morgan fingerprint density at radius 3 is 2.52 bits per heavy atom. The fourth-order valence-corrected chi connectivity index (χ4v) is 3.86. The predicted molar refractivity (Wildman–Crippen MR) is 117 cm³/mol. The molecule has 0 bridgehead atoms. The maximum atomic E-state index is 12.5. The minimum Gasteiger partial charge on any atom is -0.493 e. The zero-order chi connectivity index (χ0) is 20.4. The van der Waals surface area contributed by atoms with Crippen LogP contribution in [0.25, 0.3) is 0 Å². The lowest BCUT2D eigenvalue weighted by Gasteiger charge is -2.18. The van der Waals surface area contributed by atoms with Crippen LogP contribution in [-0.4, -0.2) is 37.6 Å². The quantitative estimate of drug-likeness (QED) is 0.782. The molecule has 2 aliphatic heterocycles. The third-order valence-corrected chi connectivity index (χ3v) is 5.53. The number of ether oxygens (including phenoxy) is 1. The Bertz CT molecular complexity index is 887. The average Bonchev–Trinajstić information content (AvgIpc) is 3.29. The SMILES string of the molecule is CC(C)COc1ccc(C(=O)Nc2ccc(N3C=C4C(CCN4C)C3)cc2)cc1. The Kier molecular flexibility index (Phi) is 5.47. The summed E-state index contributed by atoms with van der Waals surface area (Å²) >= 11 is 0. The molecule has 0 saturated carbocycles. The standard InChI is InChI=1S/C24H29N3O2/c1-17(2)16-29-22-10-4-18(5-11-22)24(28)25-20-6-8-21(9-7-20)27-14-19-12-13-26(3)23(19)15-27/h4-11,15,17,19H,12-14,16H2,1-3H3,(H,25,28). The Balaban J connectivity index is 1.36. The van der Waals surface area contributed by atoms with Crippen molar-refractivity contribution >= 4 is 17.3 Å². The van der Waals surface area contributed by atoms with E-state index in [1.54, 1.807) is 12.1 Å². The molecule has 0 radical (unpaired) electrons.